The van der Waals surface area contributed by atoms with Gasteiger partial charge in [-0.15, -0.1) is 11.3 Å². The smallest absolute Gasteiger partial charge is 0.223 e. The molecule has 1 amide bonds. The summed E-state index contributed by atoms with van der Waals surface area (Å²) in [4.78, 5) is 15.8. The first kappa shape index (κ1) is 14.4. The molecule has 1 aliphatic heterocycles. The average molecular weight is 304 g/mol. The van der Waals surface area contributed by atoms with E-state index in [1.54, 1.807) is 11.3 Å². The fourth-order valence-electron chi connectivity index (χ4n) is 2.80. The second-order valence-electron chi connectivity index (χ2n) is 5.30. The highest BCUT2D eigenvalue weighted by atomic mass is 32.1. The van der Waals surface area contributed by atoms with Crippen LogP contribution >= 0.6 is 11.3 Å². The minimum absolute atomic E-state index is 0.0367. The van der Waals surface area contributed by atoms with Gasteiger partial charge in [-0.1, -0.05) is 6.07 Å². The van der Waals surface area contributed by atoms with E-state index in [2.05, 4.69) is 22.1 Å². The average Bonchev–Trinajstić information content (AvgIpc) is 3.16. The van der Waals surface area contributed by atoms with Gasteiger partial charge in [-0.05, 0) is 30.0 Å². The van der Waals surface area contributed by atoms with Crippen molar-refractivity contribution in [2.45, 2.75) is 18.9 Å². The van der Waals surface area contributed by atoms with Gasteiger partial charge < -0.3 is 14.2 Å². The summed E-state index contributed by atoms with van der Waals surface area (Å²) in [6.07, 6.45) is 3.41. The molecule has 3 heterocycles. The van der Waals surface area contributed by atoms with Gasteiger partial charge in [-0.25, -0.2) is 0 Å². The van der Waals surface area contributed by atoms with Gasteiger partial charge in [0.2, 0.25) is 5.91 Å². The SMILES string of the molecule is Cn1cccc1C1COCCN1C(=O)CCc1cccs1. The number of ether oxygens (including phenoxy) is 1. The van der Waals surface area contributed by atoms with E-state index < -0.39 is 0 Å². The lowest BCUT2D eigenvalue weighted by atomic mass is 10.1. The number of hydrogen-bond donors (Lipinski definition) is 0. The van der Waals surface area contributed by atoms with Crippen molar-refractivity contribution in [3.05, 3.63) is 46.4 Å². The third-order valence-electron chi connectivity index (χ3n) is 3.94. The second kappa shape index (κ2) is 6.45. The van der Waals surface area contributed by atoms with Crippen LogP contribution in [0.2, 0.25) is 0 Å². The molecule has 4 nitrogen and oxygen atoms in total. The van der Waals surface area contributed by atoms with E-state index in [0.717, 1.165) is 12.1 Å². The van der Waals surface area contributed by atoms with Gasteiger partial charge >= 0.3 is 0 Å². The van der Waals surface area contributed by atoms with Gasteiger partial charge in [0.1, 0.15) is 0 Å². The summed E-state index contributed by atoms with van der Waals surface area (Å²) in [6.45, 7) is 1.90. The highest BCUT2D eigenvalue weighted by Crippen LogP contribution is 2.25. The topological polar surface area (TPSA) is 34.5 Å². The molecule has 3 rings (SSSR count). The summed E-state index contributed by atoms with van der Waals surface area (Å²) in [6, 6.07) is 8.24. The van der Waals surface area contributed by atoms with Crippen molar-refractivity contribution in [1.29, 1.82) is 0 Å². The van der Waals surface area contributed by atoms with Gasteiger partial charge in [0.25, 0.3) is 0 Å². The lowest BCUT2D eigenvalue weighted by Crippen LogP contribution is -2.44. The first-order valence-corrected chi connectivity index (χ1v) is 8.14. The standard InChI is InChI=1S/C16H20N2O2S/c1-17-8-2-5-14(17)15-12-20-10-9-18(15)16(19)7-6-13-4-3-11-21-13/h2-5,8,11,15H,6-7,9-10,12H2,1H3. The van der Waals surface area contributed by atoms with Crippen LogP contribution in [-0.2, 0) is 23.0 Å². The van der Waals surface area contributed by atoms with Gasteiger partial charge in [0, 0.05) is 36.8 Å². The molecular formula is C16H20N2O2S. The monoisotopic (exact) mass is 304 g/mol. The molecule has 1 aliphatic rings. The van der Waals surface area contributed by atoms with Crippen LogP contribution in [0.1, 0.15) is 23.0 Å². The number of aryl methyl sites for hydroxylation is 2. The fourth-order valence-corrected chi connectivity index (χ4v) is 3.51. The maximum atomic E-state index is 12.6. The summed E-state index contributed by atoms with van der Waals surface area (Å²) >= 11 is 1.71. The van der Waals surface area contributed by atoms with Crippen LogP contribution in [0.4, 0.5) is 0 Å². The van der Waals surface area contributed by atoms with Crippen molar-refractivity contribution in [1.82, 2.24) is 9.47 Å². The number of rotatable bonds is 4. The molecule has 0 spiro atoms. The molecule has 0 radical (unpaired) electrons. The van der Waals surface area contributed by atoms with E-state index in [1.165, 1.54) is 4.88 Å². The molecule has 1 saturated heterocycles. The first-order chi connectivity index (χ1) is 10.3. The zero-order valence-corrected chi connectivity index (χ0v) is 13.0. The second-order valence-corrected chi connectivity index (χ2v) is 6.33. The zero-order valence-electron chi connectivity index (χ0n) is 12.2. The predicted molar refractivity (Wildman–Crippen MR) is 83.3 cm³/mol. The van der Waals surface area contributed by atoms with Crippen LogP contribution in [0.15, 0.2) is 35.8 Å². The van der Waals surface area contributed by atoms with Crippen molar-refractivity contribution in [3.63, 3.8) is 0 Å². The molecule has 21 heavy (non-hydrogen) atoms. The third kappa shape index (κ3) is 3.19. The molecule has 0 aliphatic carbocycles. The minimum atomic E-state index is 0.0367. The molecule has 1 fully saturated rings. The molecular weight excluding hydrogens is 284 g/mol. The van der Waals surface area contributed by atoms with Gasteiger partial charge in [0.15, 0.2) is 0 Å². The number of aromatic nitrogens is 1. The molecule has 0 N–H and O–H groups in total. The zero-order chi connectivity index (χ0) is 14.7. The van der Waals surface area contributed by atoms with Crippen LogP contribution in [0.3, 0.4) is 0 Å². The number of morpholine rings is 1. The Balaban J connectivity index is 1.69. The Kier molecular flexibility index (Phi) is 4.41. The maximum Gasteiger partial charge on any atom is 0.223 e. The number of carbonyl (C=O) groups excluding carboxylic acids is 1. The Hall–Kier alpha value is -1.59. The molecule has 0 saturated carbocycles. The molecule has 0 aromatic carbocycles. The Morgan fingerprint density at radius 3 is 3.05 bits per heavy atom. The Bertz CT molecular complexity index is 591. The van der Waals surface area contributed by atoms with Crippen LogP contribution in [0.25, 0.3) is 0 Å². The number of nitrogens with zero attached hydrogens (tertiary/aromatic N) is 2. The maximum absolute atomic E-state index is 12.6. The Labute approximate surface area is 128 Å². The summed E-state index contributed by atoms with van der Waals surface area (Å²) in [5.74, 6) is 0.220. The lowest BCUT2D eigenvalue weighted by molar-refractivity contribution is -0.140. The van der Waals surface area contributed by atoms with E-state index in [0.29, 0.717) is 26.2 Å². The Morgan fingerprint density at radius 1 is 1.43 bits per heavy atom. The van der Waals surface area contributed by atoms with E-state index >= 15 is 0 Å². The van der Waals surface area contributed by atoms with Crippen molar-refractivity contribution < 1.29 is 9.53 Å². The highest BCUT2D eigenvalue weighted by molar-refractivity contribution is 7.09. The van der Waals surface area contributed by atoms with Crippen LogP contribution in [0.5, 0.6) is 0 Å². The quantitative estimate of drug-likeness (QED) is 0.870. The summed E-state index contributed by atoms with van der Waals surface area (Å²) in [7, 11) is 2.01. The normalized spacial score (nSPS) is 18.9. The van der Waals surface area contributed by atoms with Crippen LogP contribution in [0, 0.1) is 0 Å². The third-order valence-corrected chi connectivity index (χ3v) is 4.88. The van der Waals surface area contributed by atoms with Gasteiger partial charge in [-0.2, -0.15) is 0 Å². The molecule has 112 valence electrons. The summed E-state index contributed by atoms with van der Waals surface area (Å²) in [5.41, 5.74) is 1.14. The molecule has 2 aromatic heterocycles. The number of hydrogen-bond acceptors (Lipinski definition) is 3. The van der Waals surface area contributed by atoms with Gasteiger partial charge in [0.05, 0.1) is 19.3 Å². The van der Waals surface area contributed by atoms with E-state index in [1.807, 2.05) is 30.3 Å². The largest absolute Gasteiger partial charge is 0.377 e. The number of carbonyl (C=O) groups is 1. The molecule has 5 heteroatoms. The van der Waals surface area contributed by atoms with E-state index in [9.17, 15) is 4.79 Å². The highest BCUT2D eigenvalue weighted by Gasteiger charge is 2.29. The molecule has 1 atom stereocenters. The van der Waals surface area contributed by atoms with Crippen molar-refractivity contribution >= 4 is 17.2 Å². The van der Waals surface area contributed by atoms with E-state index in [-0.39, 0.29) is 11.9 Å². The van der Waals surface area contributed by atoms with Crippen molar-refractivity contribution in [3.8, 4) is 0 Å². The van der Waals surface area contributed by atoms with E-state index in [4.69, 9.17) is 4.74 Å². The van der Waals surface area contributed by atoms with Crippen LogP contribution < -0.4 is 0 Å². The number of thiophene rings is 1. The fraction of sp³-hybridized carbons (Fsp3) is 0.438. The predicted octanol–water partition coefficient (Wildman–Crippen LogP) is 2.62. The molecule has 2 aromatic rings. The Morgan fingerprint density at radius 2 is 2.33 bits per heavy atom. The number of amides is 1. The molecule has 1 unspecified atom stereocenters. The molecule has 0 bridgehead atoms. The van der Waals surface area contributed by atoms with Crippen molar-refractivity contribution in [2.75, 3.05) is 19.8 Å². The summed E-state index contributed by atoms with van der Waals surface area (Å²) in [5, 5.41) is 2.06. The van der Waals surface area contributed by atoms with Gasteiger partial charge in [-0.3, -0.25) is 4.79 Å². The first-order valence-electron chi connectivity index (χ1n) is 7.26. The lowest BCUT2D eigenvalue weighted by Gasteiger charge is -2.36. The van der Waals surface area contributed by atoms with Crippen molar-refractivity contribution in [2.24, 2.45) is 7.05 Å². The minimum Gasteiger partial charge on any atom is -0.377 e. The van der Waals surface area contributed by atoms with Crippen LogP contribution in [-0.4, -0.2) is 35.1 Å². The summed E-state index contributed by atoms with van der Waals surface area (Å²) < 4.78 is 7.65.